The van der Waals surface area contributed by atoms with E-state index in [2.05, 4.69) is 26.2 Å². The number of pyridine rings is 1. The number of nitrogens with one attached hydrogen (secondary N) is 1. The third-order valence-corrected chi connectivity index (χ3v) is 3.63. The second kappa shape index (κ2) is 5.66. The second-order valence-electron chi connectivity index (χ2n) is 5.02. The van der Waals surface area contributed by atoms with E-state index in [0.717, 1.165) is 15.4 Å². The highest BCUT2D eigenvalue weighted by molar-refractivity contribution is 9.10. The minimum Gasteiger partial charge on any atom is -0.396 e. The topological polar surface area (TPSA) is 94.0 Å². The summed E-state index contributed by atoms with van der Waals surface area (Å²) >= 11 is 3.43. The summed E-state index contributed by atoms with van der Waals surface area (Å²) in [7, 11) is 0. The van der Waals surface area contributed by atoms with Crippen LogP contribution >= 0.6 is 15.9 Å². The number of aromatic nitrogens is 1. The van der Waals surface area contributed by atoms with Crippen molar-refractivity contribution in [1.29, 1.82) is 0 Å². The lowest BCUT2D eigenvalue weighted by molar-refractivity contribution is -0.119. The highest BCUT2D eigenvalue weighted by Gasteiger charge is 2.21. The lowest BCUT2D eigenvalue weighted by Gasteiger charge is -2.22. The summed E-state index contributed by atoms with van der Waals surface area (Å²) in [6.07, 6.45) is 1.58. The Kier molecular flexibility index (Phi) is 4.13. The maximum atomic E-state index is 11.6. The van der Waals surface area contributed by atoms with Crippen LogP contribution in [0.15, 0.2) is 28.9 Å². The van der Waals surface area contributed by atoms with E-state index < -0.39 is 11.9 Å². The third kappa shape index (κ3) is 2.85. The SMILES string of the molecule is CC(C)C(Nc1c(N)cnc2ccc(Br)cc12)C(N)=O. The van der Waals surface area contributed by atoms with E-state index in [9.17, 15) is 4.79 Å². The van der Waals surface area contributed by atoms with Crippen LogP contribution in [0.25, 0.3) is 10.9 Å². The standard InChI is InChI=1S/C14H17BrN4O/c1-7(2)12(14(17)20)19-13-9-5-8(15)3-4-11(9)18-6-10(13)16/h3-7,12H,16H2,1-2H3,(H2,17,20)(H,18,19). The van der Waals surface area contributed by atoms with Gasteiger partial charge in [-0.25, -0.2) is 0 Å². The first-order chi connectivity index (χ1) is 9.40. The van der Waals surface area contributed by atoms with E-state index in [1.807, 2.05) is 32.0 Å². The number of carbonyl (C=O) groups excluding carboxylic acids is 1. The summed E-state index contributed by atoms with van der Waals surface area (Å²) in [6, 6.07) is 5.23. The van der Waals surface area contributed by atoms with Gasteiger partial charge in [-0.15, -0.1) is 0 Å². The van der Waals surface area contributed by atoms with Crippen molar-refractivity contribution in [2.24, 2.45) is 11.7 Å². The molecule has 20 heavy (non-hydrogen) atoms. The molecule has 5 nitrogen and oxygen atoms in total. The van der Waals surface area contributed by atoms with E-state index >= 15 is 0 Å². The number of nitrogens with zero attached hydrogens (tertiary/aromatic N) is 1. The normalized spacial score (nSPS) is 12.6. The zero-order valence-corrected chi connectivity index (χ0v) is 12.9. The van der Waals surface area contributed by atoms with Crippen LogP contribution in [0.5, 0.6) is 0 Å². The van der Waals surface area contributed by atoms with Gasteiger partial charge in [0.05, 0.1) is 23.1 Å². The number of rotatable bonds is 4. The Morgan fingerprint density at radius 2 is 2.10 bits per heavy atom. The molecule has 0 fully saturated rings. The van der Waals surface area contributed by atoms with Gasteiger partial charge in [0.25, 0.3) is 0 Å². The predicted octanol–water partition coefficient (Wildman–Crippen LogP) is 2.50. The van der Waals surface area contributed by atoms with E-state index in [0.29, 0.717) is 11.4 Å². The first kappa shape index (κ1) is 14.6. The van der Waals surface area contributed by atoms with Crippen molar-refractivity contribution < 1.29 is 4.79 Å². The van der Waals surface area contributed by atoms with Gasteiger partial charge in [0.2, 0.25) is 5.91 Å². The monoisotopic (exact) mass is 336 g/mol. The second-order valence-corrected chi connectivity index (χ2v) is 5.93. The molecule has 1 amide bonds. The van der Waals surface area contributed by atoms with E-state index in [1.165, 1.54) is 0 Å². The van der Waals surface area contributed by atoms with Gasteiger partial charge in [0.1, 0.15) is 6.04 Å². The van der Waals surface area contributed by atoms with E-state index in [-0.39, 0.29) is 5.92 Å². The Morgan fingerprint density at radius 1 is 1.40 bits per heavy atom. The first-order valence-electron chi connectivity index (χ1n) is 6.29. The van der Waals surface area contributed by atoms with Crippen molar-refractivity contribution in [3.63, 3.8) is 0 Å². The van der Waals surface area contributed by atoms with Crippen LogP contribution in [0.1, 0.15) is 13.8 Å². The van der Waals surface area contributed by atoms with Crippen molar-refractivity contribution in [3.05, 3.63) is 28.9 Å². The van der Waals surface area contributed by atoms with E-state index in [1.54, 1.807) is 6.20 Å². The molecule has 2 aromatic rings. The molecule has 1 atom stereocenters. The Labute approximate surface area is 125 Å². The molecule has 0 bridgehead atoms. The largest absolute Gasteiger partial charge is 0.396 e. The average Bonchev–Trinajstić information content (AvgIpc) is 2.36. The number of fused-ring (bicyclic) bond motifs is 1. The molecule has 0 radical (unpaired) electrons. The maximum absolute atomic E-state index is 11.6. The Bertz CT molecular complexity index is 652. The number of carbonyl (C=O) groups is 1. The number of benzene rings is 1. The number of hydrogen-bond acceptors (Lipinski definition) is 4. The molecule has 0 aliphatic rings. The molecule has 1 unspecified atom stereocenters. The molecule has 1 aromatic carbocycles. The number of halogens is 1. The molecule has 5 N–H and O–H groups in total. The van der Waals surface area contributed by atoms with Gasteiger partial charge < -0.3 is 16.8 Å². The van der Waals surface area contributed by atoms with Gasteiger partial charge in [-0.1, -0.05) is 29.8 Å². The van der Waals surface area contributed by atoms with E-state index in [4.69, 9.17) is 11.5 Å². The van der Waals surface area contributed by atoms with Crippen molar-refractivity contribution in [3.8, 4) is 0 Å². The average molecular weight is 337 g/mol. The number of nitrogens with two attached hydrogens (primary N) is 2. The molecule has 0 saturated carbocycles. The summed E-state index contributed by atoms with van der Waals surface area (Å²) in [4.78, 5) is 15.8. The summed E-state index contributed by atoms with van der Waals surface area (Å²) in [5.41, 5.74) is 13.4. The molecular formula is C14H17BrN4O. The fraction of sp³-hybridized carbons (Fsp3) is 0.286. The van der Waals surface area contributed by atoms with Crippen molar-refractivity contribution >= 4 is 44.1 Å². The van der Waals surface area contributed by atoms with Crippen LogP contribution in [-0.4, -0.2) is 16.9 Å². The lowest BCUT2D eigenvalue weighted by atomic mass is 10.0. The molecule has 0 spiro atoms. The summed E-state index contributed by atoms with van der Waals surface area (Å²) in [5.74, 6) is -0.346. The molecule has 0 aliphatic carbocycles. The minimum absolute atomic E-state index is 0.0577. The zero-order chi connectivity index (χ0) is 14.9. The third-order valence-electron chi connectivity index (χ3n) is 3.13. The molecule has 106 valence electrons. The molecule has 2 rings (SSSR count). The number of anilines is 2. The highest BCUT2D eigenvalue weighted by atomic mass is 79.9. The van der Waals surface area contributed by atoms with Crippen LogP contribution in [-0.2, 0) is 4.79 Å². The van der Waals surface area contributed by atoms with Crippen LogP contribution in [0, 0.1) is 5.92 Å². The molecule has 1 aromatic heterocycles. The van der Waals surface area contributed by atoms with Crippen LogP contribution in [0.4, 0.5) is 11.4 Å². The maximum Gasteiger partial charge on any atom is 0.240 e. The number of amides is 1. The minimum atomic E-state index is -0.484. The van der Waals surface area contributed by atoms with Crippen LogP contribution in [0.2, 0.25) is 0 Å². The summed E-state index contributed by atoms with van der Waals surface area (Å²) in [6.45, 7) is 3.86. The zero-order valence-electron chi connectivity index (χ0n) is 11.4. The van der Waals surface area contributed by atoms with Gasteiger partial charge in [0, 0.05) is 9.86 Å². The van der Waals surface area contributed by atoms with Crippen LogP contribution < -0.4 is 16.8 Å². The Balaban J connectivity index is 2.55. The van der Waals surface area contributed by atoms with Crippen molar-refractivity contribution in [2.45, 2.75) is 19.9 Å². The smallest absolute Gasteiger partial charge is 0.240 e. The predicted molar refractivity (Wildman–Crippen MR) is 85.3 cm³/mol. The lowest BCUT2D eigenvalue weighted by Crippen LogP contribution is -2.39. The summed E-state index contributed by atoms with van der Waals surface area (Å²) < 4.78 is 0.917. The van der Waals surface area contributed by atoms with Gasteiger partial charge in [-0.05, 0) is 24.1 Å². The van der Waals surface area contributed by atoms with Crippen molar-refractivity contribution in [1.82, 2.24) is 4.98 Å². The Morgan fingerprint density at radius 3 is 2.70 bits per heavy atom. The highest BCUT2D eigenvalue weighted by Crippen LogP contribution is 2.31. The first-order valence-corrected chi connectivity index (χ1v) is 7.09. The van der Waals surface area contributed by atoms with Crippen molar-refractivity contribution in [2.75, 3.05) is 11.1 Å². The van der Waals surface area contributed by atoms with Crippen LogP contribution in [0.3, 0.4) is 0 Å². The molecule has 1 heterocycles. The molecular weight excluding hydrogens is 320 g/mol. The number of primary amides is 1. The fourth-order valence-electron chi connectivity index (χ4n) is 2.06. The van der Waals surface area contributed by atoms with Gasteiger partial charge >= 0.3 is 0 Å². The molecule has 0 aliphatic heterocycles. The Hall–Kier alpha value is -1.82. The number of hydrogen-bond donors (Lipinski definition) is 3. The van der Waals surface area contributed by atoms with Gasteiger partial charge in [-0.2, -0.15) is 0 Å². The van der Waals surface area contributed by atoms with Gasteiger partial charge in [0.15, 0.2) is 0 Å². The van der Waals surface area contributed by atoms with Gasteiger partial charge in [-0.3, -0.25) is 9.78 Å². The fourth-order valence-corrected chi connectivity index (χ4v) is 2.42. The summed E-state index contributed by atoms with van der Waals surface area (Å²) in [5, 5.41) is 4.01. The molecule has 6 heteroatoms. The number of nitrogen functional groups attached to an aromatic ring is 1. The quantitative estimate of drug-likeness (QED) is 0.799. The molecule has 0 saturated heterocycles.